The molecule has 2 rings (SSSR count). The molecule has 0 spiro atoms. The summed E-state index contributed by atoms with van der Waals surface area (Å²) >= 11 is 0. The third kappa shape index (κ3) is 3.48. The first-order chi connectivity index (χ1) is 9.72. The lowest BCUT2D eigenvalue weighted by Gasteiger charge is -2.25. The van der Waals surface area contributed by atoms with Crippen LogP contribution in [0.3, 0.4) is 0 Å². The summed E-state index contributed by atoms with van der Waals surface area (Å²) in [5.74, 6) is -0.287. The third-order valence-electron chi connectivity index (χ3n) is 3.30. The van der Waals surface area contributed by atoms with Crippen LogP contribution < -0.4 is 11.1 Å². The summed E-state index contributed by atoms with van der Waals surface area (Å²) in [6.07, 6.45) is 2.19. The van der Waals surface area contributed by atoms with E-state index < -0.39 is 12.1 Å². The van der Waals surface area contributed by atoms with Gasteiger partial charge in [0.1, 0.15) is 12.1 Å². The van der Waals surface area contributed by atoms with Crippen LogP contribution in [-0.4, -0.2) is 29.7 Å². The molecule has 1 aromatic rings. The summed E-state index contributed by atoms with van der Waals surface area (Å²) in [6.45, 7) is 0.595. The summed E-state index contributed by atoms with van der Waals surface area (Å²) in [6, 6.07) is 8.49. The van der Waals surface area contributed by atoms with Crippen LogP contribution in [-0.2, 0) is 9.53 Å². The Morgan fingerprint density at radius 1 is 1.40 bits per heavy atom. The number of hydrogen-bond donors (Lipinski definition) is 3. The van der Waals surface area contributed by atoms with Crippen molar-refractivity contribution in [1.29, 1.82) is 0 Å². The Balaban J connectivity index is 2.10. The van der Waals surface area contributed by atoms with Gasteiger partial charge in [0, 0.05) is 6.61 Å². The van der Waals surface area contributed by atoms with Crippen molar-refractivity contribution in [2.75, 3.05) is 6.61 Å². The number of nitrogens with zero attached hydrogens (tertiary/aromatic N) is 1. The van der Waals surface area contributed by atoms with Crippen LogP contribution in [0.25, 0.3) is 0 Å². The van der Waals surface area contributed by atoms with E-state index in [-0.39, 0.29) is 11.7 Å². The molecule has 0 saturated carbocycles. The number of amides is 1. The van der Waals surface area contributed by atoms with Gasteiger partial charge in [-0.3, -0.25) is 4.79 Å². The lowest BCUT2D eigenvalue weighted by molar-refractivity contribution is -0.135. The number of amidine groups is 1. The summed E-state index contributed by atoms with van der Waals surface area (Å²) < 4.78 is 5.43. The minimum Gasteiger partial charge on any atom is -0.409 e. The molecule has 6 nitrogen and oxygen atoms in total. The van der Waals surface area contributed by atoms with Gasteiger partial charge in [0.2, 0.25) is 5.91 Å². The van der Waals surface area contributed by atoms with Gasteiger partial charge >= 0.3 is 0 Å². The van der Waals surface area contributed by atoms with E-state index in [0.29, 0.717) is 13.0 Å². The second-order valence-electron chi connectivity index (χ2n) is 4.73. The van der Waals surface area contributed by atoms with Gasteiger partial charge < -0.3 is 21.0 Å². The smallest absolute Gasteiger partial charge is 0.249 e. The number of rotatable bonds is 4. The van der Waals surface area contributed by atoms with Gasteiger partial charge in [-0.15, -0.1) is 0 Å². The average Bonchev–Trinajstić information content (AvgIpc) is 2.53. The van der Waals surface area contributed by atoms with Crippen molar-refractivity contribution in [3.8, 4) is 0 Å². The van der Waals surface area contributed by atoms with E-state index in [9.17, 15) is 4.79 Å². The Bertz CT molecular complexity index is 470. The zero-order valence-electron chi connectivity index (χ0n) is 11.2. The molecule has 0 bridgehead atoms. The number of oxime groups is 1. The molecular formula is C14H19N3O3. The molecule has 0 radical (unpaired) electrons. The van der Waals surface area contributed by atoms with E-state index in [2.05, 4.69) is 10.5 Å². The van der Waals surface area contributed by atoms with E-state index in [1.54, 1.807) is 0 Å². The van der Waals surface area contributed by atoms with Crippen LogP contribution >= 0.6 is 0 Å². The molecule has 1 heterocycles. The Morgan fingerprint density at radius 2 is 2.15 bits per heavy atom. The molecule has 20 heavy (non-hydrogen) atoms. The lowest BCUT2D eigenvalue weighted by atomic mass is 10.0. The topological polar surface area (TPSA) is 96.9 Å². The lowest BCUT2D eigenvalue weighted by Crippen LogP contribution is -2.44. The second kappa shape index (κ2) is 6.91. The fourth-order valence-corrected chi connectivity index (χ4v) is 2.21. The highest BCUT2D eigenvalue weighted by Crippen LogP contribution is 2.16. The van der Waals surface area contributed by atoms with Gasteiger partial charge in [-0.1, -0.05) is 35.5 Å². The maximum absolute atomic E-state index is 12.2. The highest BCUT2D eigenvalue weighted by molar-refractivity contribution is 5.92. The highest BCUT2D eigenvalue weighted by Gasteiger charge is 2.26. The summed E-state index contributed by atoms with van der Waals surface area (Å²) in [4.78, 5) is 12.2. The molecule has 1 fully saturated rings. The Morgan fingerprint density at radius 3 is 2.75 bits per heavy atom. The molecule has 4 N–H and O–H groups in total. The predicted octanol–water partition coefficient (Wildman–Crippen LogP) is 1.16. The molecular weight excluding hydrogens is 258 g/mol. The molecule has 1 aromatic carbocycles. The van der Waals surface area contributed by atoms with Crippen LogP contribution in [0, 0.1) is 0 Å². The maximum atomic E-state index is 12.2. The quantitative estimate of drug-likeness (QED) is 0.333. The monoisotopic (exact) mass is 277 g/mol. The summed E-state index contributed by atoms with van der Waals surface area (Å²) in [5, 5.41) is 14.6. The van der Waals surface area contributed by atoms with Crippen LogP contribution in [0.1, 0.15) is 30.9 Å². The number of nitrogens with two attached hydrogens (primary N) is 1. The molecule has 1 amide bonds. The van der Waals surface area contributed by atoms with Crippen molar-refractivity contribution < 1.29 is 14.7 Å². The van der Waals surface area contributed by atoms with Crippen molar-refractivity contribution in [2.45, 2.75) is 31.4 Å². The molecule has 1 aliphatic heterocycles. The van der Waals surface area contributed by atoms with E-state index in [1.165, 1.54) is 0 Å². The van der Waals surface area contributed by atoms with Gasteiger partial charge in [0.15, 0.2) is 5.84 Å². The van der Waals surface area contributed by atoms with Crippen molar-refractivity contribution in [3.63, 3.8) is 0 Å². The third-order valence-corrected chi connectivity index (χ3v) is 3.30. The zero-order valence-corrected chi connectivity index (χ0v) is 11.2. The first kappa shape index (κ1) is 14.3. The van der Waals surface area contributed by atoms with E-state index in [1.807, 2.05) is 30.3 Å². The van der Waals surface area contributed by atoms with Crippen molar-refractivity contribution >= 4 is 11.7 Å². The number of carbonyl (C=O) groups is 1. The first-order valence-electron chi connectivity index (χ1n) is 6.66. The second-order valence-corrected chi connectivity index (χ2v) is 4.73. The SMILES string of the molecule is NC(=NO)C(NC(=O)C1CCCCO1)c1ccccc1. The van der Waals surface area contributed by atoms with Gasteiger partial charge in [0.05, 0.1) is 0 Å². The standard InChI is InChI=1S/C14H19N3O3/c15-13(17-19)12(10-6-2-1-3-7-10)16-14(18)11-8-4-5-9-20-11/h1-3,6-7,11-12,19H,4-5,8-9H2,(H2,15,17)(H,16,18). The molecule has 1 saturated heterocycles. The fraction of sp³-hybridized carbons (Fsp3) is 0.429. The van der Waals surface area contributed by atoms with E-state index in [4.69, 9.17) is 15.7 Å². The Hall–Kier alpha value is -2.08. The normalized spacial score (nSPS) is 21.2. The number of hydrogen-bond acceptors (Lipinski definition) is 4. The number of ether oxygens (including phenoxy) is 1. The predicted molar refractivity (Wildman–Crippen MR) is 74.3 cm³/mol. The summed E-state index contributed by atoms with van der Waals surface area (Å²) in [5.41, 5.74) is 6.43. The molecule has 0 aromatic heterocycles. The van der Waals surface area contributed by atoms with Crippen LogP contribution in [0.15, 0.2) is 35.5 Å². The van der Waals surface area contributed by atoms with E-state index >= 15 is 0 Å². The molecule has 1 aliphatic rings. The van der Waals surface area contributed by atoms with Crippen LogP contribution in [0.2, 0.25) is 0 Å². The molecule has 2 unspecified atom stereocenters. The summed E-state index contributed by atoms with van der Waals surface area (Å²) in [7, 11) is 0. The van der Waals surface area contributed by atoms with E-state index in [0.717, 1.165) is 18.4 Å². The number of nitrogens with one attached hydrogen (secondary N) is 1. The van der Waals surface area contributed by atoms with Gasteiger partial charge in [0.25, 0.3) is 0 Å². The zero-order chi connectivity index (χ0) is 14.4. The van der Waals surface area contributed by atoms with Crippen LogP contribution in [0.4, 0.5) is 0 Å². The van der Waals surface area contributed by atoms with Gasteiger partial charge in [-0.2, -0.15) is 0 Å². The Labute approximate surface area is 117 Å². The first-order valence-corrected chi connectivity index (χ1v) is 6.66. The maximum Gasteiger partial charge on any atom is 0.249 e. The van der Waals surface area contributed by atoms with Gasteiger partial charge in [-0.05, 0) is 24.8 Å². The average molecular weight is 277 g/mol. The Kier molecular flexibility index (Phi) is 4.95. The fourth-order valence-electron chi connectivity index (χ4n) is 2.21. The molecule has 108 valence electrons. The minimum absolute atomic E-state index is 0.0552. The molecule has 6 heteroatoms. The number of carbonyl (C=O) groups excluding carboxylic acids is 1. The van der Waals surface area contributed by atoms with Gasteiger partial charge in [-0.25, -0.2) is 0 Å². The molecule has 2 atom stereocenters. The van der Waals surface area contributed by atoms with Crippen molar-refractivity contribution in [3.05, 3.63) is 35.9 Å². The minimum atomic E-state index is -0.653. The molecule has 0 aliphatic carbocycles. The van der Waals surface area contributed by atoms with Crippen molar-refractivity contribution in [2.24, 2.45) is 10.9 Å². The van der Waals surface area contributed by atoms with Crippen LogP contribution in [0.5, 0.6) is 0 Å². The van der Waals surface area contributed by atoms with Crippen molar-refractivity contribution in [1.82, 2.24) is 5.32 Å². The number of benzene rings is 1. The highest BCUT2D eigenvalue weighted by atomic mass is 16.5. The largest absolute Gasteiger partial charge is 0.409 e.